The Morgan fingerprint density at radius 2 is 1.92 bits per heavy atom. The molecule has 0 fully saturated rings. The van der Waals surface area contributed by atoms with E-state index in [1.54, 1.807) is 7.11 Å². The summed E-state index contributed by atoms with van der Waals surface area (Å²) in [6.07, 6.45) is 2.29. The molecule has 0 spiro atoms. The smallest absolute Gasteiger partial charge is 0.0625 e. The fraction of sp³-hybridized carbons (Fsp3) is 1.00. The maximum Gasteiger partial charge on any atom is 0.0625 e. The lowest BCUT2D eigenvalue weighted by Crippen LogP contribution is -2.28. The van der Waals surface area contributed by atoms with Crippen molar-refractivity contribution >= 4 is 15.9 Å². The van der Waals surface area contributed by atoms with E-state index in [-0.39, 0.29) is 5.60 Å². The quantitative estimate of drug-likeness (QED) is 0.663. The Labute approximate surface area is 85.0 Å². The SMILES string of the molecule is CCC(Br)C(C)CC(C)(C)OC. The Balaban J connectivity index is 3.90. The normalized spacial score (nSPS) is 17.5. The van der Waals surface area contributed by atoms with Crippen LogP contribution in [0.5, 0.6) is 0 Å². The first kappa shape index (κ1) is 12.4. The van der Waals surface area contributed by atoms with Crippen molar-refractivity contribution < 1.29 is 4.74 Å². The van der Waals surface area contributed by atoms with Crippen LogP contribution in [0, 0.1) is 5.92 Å². The molecule has 0 amide bonds. The minimum absolute atomic E-state index is 0.0145. The Morgan fingerprint density at radius 1 is 1.42 bits per heavy atom. The van der Waals surface area contributed by atoms with Crippen molar-refractivity contribution in [2.24, 2.45) is 5.92 Å². The van der Waals surface area contributed by atoms with E-state index in [0.717, 1.165) is 6.42 Å². The second-order valence-electron chi connectivity index (χ2n) is 4.07. The zero-order valence-corrected chi connectivity index (χ0v) is 10.4. The lowest BCUT2D eigenvalue weighted by atomic mass is 9.91. The summed E-state index contributed by atoms with van der Waals surface area (Å²) in [6.45, 7) is 8.75. The summed E-state index contributed by atoms with van der Waals surface area (Å²) in [7, 11) is 1.78. The molecule has 12 heavy (non-hydrogen) atoms. The molecule has 0 radical (unpaired) electrons. The molecule has 0 saturated heterocycles. The summed E-state index contributed by atoms with van der Waals surface area (Å²) in [5.41, 5.74) is 0.0145. The van der Waals surface area contributed by atoms with Crippen LogP contribution in [0.4, 0.5) is 0 Å². The van der Waals surface area contributed by atoms with Crippen LogP contribution in [0.15, 0.2) is 0 Å². The van der Waals surface area contributed by atoms with Gasteiger partial charge in [-0.05, 0) is 32.6 Å². The van der Waals surface area contributed by atoms with Gasteiger partial charge in [0.25, 0.3) is 0 Å². The molecule has 2 unspecified atom stereocenters. The average molecular weight is 237 g/mol. The maximum atomic E-state index is 5.38. The largest absolute Gasteiger partial charge is 0.379 e. The van der Waals surface area contributed by atoms with E-state index in [1.807, 2.05) is 0 Å². The lowest BCUT2D eigenvalue weighted by molar-refractivity contribution is 0.00377. The molecule has 0 aromatic heterocycles. The average Bonchev–Trinajstić information content (AvgIpc) is 2.02. The molecule has 0 aromatic carbocycles. The van der Waals surface area contributed by atoms with Crippen molar-refractivity contribution in [1.82, 2.24) is 0 Å². The first-order valence-corrected chi connectivity index (χ1v) is 5.53. The van der Waals surface area contributed by atoms with Gasteiger partial charge >= 0.3 is 0 Å². The molecule has 0 saturated carbocycles. The molecule has 0 rings (SSSR count). The van der Waals surface area contributed by atoms with E-state index in [1.165, 1.54) is 6.42 Å². The van der Waals surface area contributed by atoms with E-state index in [0.29, 0.717) is 10.7 Å². The van der Waals surface area contributed by atoms with Gasteiger partial charge in [0.05, 0.1) is 5.60 Å². The van der Waals surface area contributed by atoms with Gasteiger partial charge in [-0.2, -0.15) is 0 Å². The standard InChI is InChI=1S/C10H21BrO/c1-6-9(11)8(2)7-10(3,4)12-5/h8-9H,6-7H2,1-5H3. The molecule has 0 aliphatic carbocycles. The second kappa shape index (κ2) is 5.23. The fourth-order valence-electron chi connectivity index (χ4n) is 1.39. The summed E-state index contributed by atoms with van der Waals surface area (Å²) in [5, 5.41) is 0. The molecule has 0 aliphatic rings. The van der Waals surface area contributed by atoms with Crippen LogP contribution in [0.25, 0.3) is 0 Å². The topological polar surface area (TPSA) is 9.23 Å². The molecule has 0 aliphatic heterocycles. The molecule has 0 N–H and O–H groups in total. The van der Waals surface area contributed by atoms with Gasteiger partial charge in [0.15, 0.2) is 0 Å². The number of rotatable bonds is 5. The molecular weight excluding hydrogens is 216 g/mol. The van der Waals surface area contributed by atoms with Gasteiger partial charge in [-0.3, -0.25) is 0 Å². The Hall–Kier alpha value is 0.440. The van der Waals surface area contributed by atoms with Crippen molar-refractivity contribution in [2.45, 2.75) is 51.0 Å². The Morgan fingerprint density at radius 3 is 2.25 bits per heavy atom. The van der Waals surface area contributed by atoms with Crippen molar-refractivity contribution in [2.75, 3.05) is 7.11 Å². The van der Waals surface area contributed by atoms with Crippen LogP contribution < -0.4 is 0 Å². The fourth-order valence-corrected chi connectivity index (χ4v) is 1.58. The number of methoxy groups -OCH3 is 1. The summed E-state index contributed by atoms with van der Waals surface area (Å²) in [6, 6.07) is 0. The summed E-state index contributed by atoms with van der Waals surface area (Å²) >= 11 is 3.67. The van der Waals surface area contributed by atoms with Gasteiger partial charge in [-0.25, -0.2) is 0 Å². The predicted molar refractivity (Wildman–Crippen MR) is 57.9 cm³/mol. The molecule has 0 bridgehead atoms. The highest BCUT2D eigenvalue weighted by Crippen LogP contribution is 2.26. The number of alkyl halides is 1. The van der Waals surface area contributed by atoms with Crippen molar-refractivity contribution in [1.29, 1.82) is 0 Å². The summed E-state index contributed by atoms with van der Waals surface area (Å²) in [5.74, 6) is 0.671. The van der Waals surface area contributed by atoms with E-state index >= 15 is 0 Å². The summed E-state index contributed by atoms with van der Waals surface area (Å²) in [4.78, 5) is 0.618. The highest BCUT2D eigenvalue weighted by atomic mass is 79.9. The van der Waals surface area contributed by atoms with Crippen molar-refractivity contribution in [3.8, 4) is 0 Å². The van der Waals surface area contributed by atoms with Crippen LogP contribution in [0.2, 0.25) is 0 Å². The zero-order valence-electron chi connectivity index (χ0n) is 8.86. The highest BCUT2D eigenvalue weighted by Gasteiger charge is 2.23. The van der Waals surface area contributed by atoms with Crippen LogP contribution in [-0.4, -0.2) is 17.5 Å². The summed E-state index contributed by atoms with van der Waals surface area (Å²) < 4.78 is 5.38. The third-order valence-electron chi connectivity index (χ3n) is 2.37. The number of hydrogen-bond donors (Lipinski definition) is 0. The van der Waals surface area contributed by atoms with Gasteiger partial charge in [0.1, 0.15) is 0 Å². The third kappa shape index (κ3) is 4.46. The minimum atomic E-state index is 0.0145. The van der Waals surface area contributed by atoms with Crippen LogP contribution >= 0.6 is 15.9 Å². The maximum absolute atomic E-state index is 5.38. The Bertz CT molecular complexity index is 123. The molecule has 2 atom stereocenters. The van der Waals surface area contributed by atoms with Crippen molar-refractivity contribution in [3.05, 3.63) is 0 Å². The second-order valence-corrected chi connectivity index (χ2v) is 5.25. The monoisotopic (exact) mass is 236 g/mol. The molecule has 0 aromatic rings. The van der Waals surface area contributed by atoms with Crippen molar-refractivity contribution in [3.63, 3.8) is 0 Å². The lowest BCUT2D eigenvalue weighted by Gasteiger charge is -2.28. The molecule has 0 heterocycles. The van der Waals surface area contributed by atoms with Crippen LogP contribution in [0.1, 0.15) is 40.5 Å². The molecule has 2 heteroatoms. The van der Waals surface area contributed by atoms with Gasteiger partial charge in [0.2, 0.25) is 0 Å². The van der Waals surface area contributed by atoms with E-state index in [2.05, 4.69) is 43.6 Å². The van der Waals surface area contributed by atoms with E-state index in [9.17, 15) is 0 Å². The van der Waals surface area contributed by atoms with Gasteiger partial charge < -0.3 is 4.74 Å². The zero-order chi connectivity index (χ0) is 9.78. The Kier molecular flexibility index (Phi) is 5.42. The highest BCUT2D eigenvalue weighted by molar-refractivity contribution is 9.09. The van der Waals surface area contributed by atoms with E-state index < -0.39 is 0 Å². The number of hydrogen-bond acceptors (Lipinski definition) is 1. The third-order valence-corrected chi connectivity index (χ3v) is 3.92. The van der Waals surface area contributed by atoms with Crippen LogP contribution in [-0.2, 0) is 4.74 Å². The molecule has 1 nitrogen and oxygen atoms in total. The minimum Gasteiger partial charge on any atom is -0.379 e. The predicted octanol–water partition coefficient (Wildman–Crippen LogP) is 3.61. The van der Waals surface area contributed by atoms with Gasteiger partial charge in [-0.15, -0.1) is 0 Å². The van der Waals surface area contributed by atoms with Gasteiger partial charge in [0, 0.05) is 11.9 Å². The molecular formula is C10H21BrO. The first-order chi connectivity index (χ1) is 5.43. The van der Waals surface area contributed by atoms with E-state index in [4.69, 9.17) is 4.74 Å². The number of halogens is 1. The van der Waals surface area contributed by atoms with Crippen LogP contribution in [0.3, 0.4) is 0 Å². The number of ether oxygens (including phenoxy) is 1. The molecule has 74 valence electrons. The first-order valence-electron chi connectivity index (χ1n) is 4.62. The van der Waals surface area contributed by atoms with Gasteiger partial charge in [-0.1, -0.05) is 29.8 Å².